The van der Waals surface area contributed by atoms with Crippen LogP contribution in [-0.2, 0) is 19.1 Å². The van der Waals surface area contributed by atoms with Crippen LogP contribution in [0.1, 0.15) is 53.9 Å². The highest BCUT2D eigenvalue weighted by Crippen LogP contribution is 2.15. The highest BCUT2D eigenvalue weighted by atomic mass is 16.6. The number of rotatable bonds is 7. The molecule has 0 heterocycles. The minimum absolute atomic E-state index is 0.103. The van der Waals surface area contributed by atoms with Gasteiger partial charge in [0.25, 0.3) is 0 Å². The van der Waals surface area contributed by atoms with Gasteiger partial charge in [0, 0.05) is 5.57 Å². The van der Waals surface area contributed by atoms with E-state index in [2.05, 4.69) is 0 Å². The predicted molar refractivity (Wildman–Crippen MR) is 74.7 cm³/mol. The summed E-state index contributed by atoms with van der Waals surface area (Å²) in [6.07, 6.45) is 4.31. The molecule has 110 valence electrons. The minimum Gasteiger partial charge on any atom is -0.462 e. The largest absolute Gasteiger partial charge is 0.462 e. The van der Waals surface area contributed by atoms with E-state index in [1.54, 1.807) is 20.8 Å². The number of ether oxygens (including phenoxy) is 2. The third-order valence-electron chi connectivity index (χ3n) is 2.39. The zero-order valence-electron chi connectivity index (χ0n) is 12.7. The SMILES string of the molecule is CCC=C(CCC)C(=O)OCCOC(=O)C(C)(C)C. The maximum atomic E-state index is 11.7. The van der Waals surface area contributed by atoms with E-state index in [-0.39, 0.29) is 25.2 Å². The lowest BCUT2D eigenvalue weighted by Gasteiger charge is -2.16. The normalized spacial score (nSPS) is 12.2. The molecule has 0 spiro atoms. The summed E-state index contributed by atoms with van der Waals surface area (Å²) in [5.41, 5.74) is 0.173. The van der Waals surface area contributed by atoms with Gasteiger partial charge in [-0.15, -0.1) is 0 Å². The van der Waals surface area contributed by atoms with Crippen LogP contribution in [0.2, 0.25) is 0 Å². The Morgan fingerprint density at radius 3 is 2.11 bits per heavy atom. The Hall–Kier alpha value is -1.32. The van der Waals surface area contributed by atoms with Crippen LogP contribution in [-0.4, -0.2) is 25.2 Å². The first kappa shape index (κ1) is 17.7. The van der Waals surface area contributed by atoms with Crippen molar-refractivity contribution >= 4 is 11.9 Å². The van der Waals surface area contributed by atoms with Gasteiger partial charge in [-0.1, -0.05) is 26.3 Å². The fraction of sp³-hybridized carbons (Fsp3) is 0.733. The van der Waals surface area contributed by atoms with Crippen molar-refractivity contribution in [2.24, 2.45) is 5.41 Å². The standard InChI is InChI=1S/C15H26O4/c1-6-8-12(9-7-2)13(16)18-10-11-19-14(17)15(3,4)5/h8H,6-7,9-11H2,1-5H3. The highest BCUT2D eigenvalue weighted by molar-refractivity contribution is 5.88. The quantitative estimate of drug-likeness (QED) is 0.405. The van der Waals surface area contributed by atoms with Crippen LogP contribution in [0, 0.1) is 5.41 Å². The van der Waals surface area contributed by atoms with Gasteiger partial charge in [0.05, 0.1) is 5.41 Å². The summed E-state index contributed by atoms with van der Waals surface area (Å²) in [5.74, 6) is -0.600. The molecule has 0 bridgehead atoms. The van der Waals surface area contributed by atoms with Gasteiger partial charge in [0.1, 0.15) is 13.2 Å². The topological polar surface area (TPSA) is 52.6 Å². The molecule has 0 amide bonds. The molecule has 0 aromatic heterocycles. The summed E-state index contributed by atoms with van der Waals surface area (Å²) >= 11 is 0. The van der Waals surface area contributed by atoms with Crippen molar-refractivity contribution in [3.63, 3.8) is 0 Å². The van der Waals surface area contributed by atoms with Gasteiger partial charge >= 0.3 is 11.9 Å². The van der Waals surface area contributed by atoms with E-state index in [1.165, 1.54) is 0 Å². The van der Waals surface area contributed by atoms with E-state index >= 15 is 0 Å². The van der Waals surface area contributed by atoms with Crippen LogP contribution < -0.4 is 0 Å². The van der Waals surface area contributed by atoms with Crippen LogP contribution in [0.5, 0.6) is 0 Å². The van der Waals surface area contributed by atoms with Gasteiger partial charge in [0.15, 0.2) is 0 Å². The minimum atomic E-state index is -0.528. The Bertz CT molecular complexity index is 324. The van der Waals surface area contributed by atoms with E-state index in [9.17, 15) is 9.59 Å². The van der Waals surface area contributed by atoms with E-state index in [0.717, 1.165) is 12.8 Å². The van der Waals surface area contributed by atoms with Gasteiger partial charge in [-0.3, -0.25) is 4.79 Å². The maximum Gasteiger partial charge on any atom is 0.333 e. The average molecular weight is 270 g/mol. The zero-order valence-corrected chi connectivity index (χ0v) is 12.7. The number of esters is 2. The molecule has 4 nitrogen and oxygen atoms in total. The number of allylic oxidation sites excluding steroid dienone is 1. The first-order chi connectivity index (χ1) is 8.82. The molecule has 0 aliphatic heterocycles. The second kappa shape index (κ2) is 8.73. The fourth-order valence-electron chi connectivity index (χ4n) is 1.38. The summed E-state index contributed by atoms with van der Waals surface area (Å²) in [6.45, 7) is 9.55. The summed E-state index contributed by atoms with van der Waals surface area (Å²) < 4.78 is 10.1. The molecule has 0 aromatic carbocycles. The maximum absolute atomic E-state index is 11.7. The first-order valence-electron chi connectivity index (χ1n) is 6.86. The molecule has 0 fully saturated rings. The van der Waals surface area contributed by atoms with Gasteiger partial charge in [-0.2, -0.15) is 0 Å². The van der Waals surface area contributed by atoms with Gasteiger partial charge < -0.3 is 9.47 Å². The van der Waals surface area contributed by atoms with Gasteiger partial charge in [0.2, 0.25) is 0 Å². The summed E-state index contributed by atoms with van der Waals surface area (Å²) in [6, 6.07) is 0. The number of carbonyl (C=O) groups excluding carboxylic acids is 2. The lowest BCUT2D eigenvalue weighted by molar-refractivity contribution is -0.157. The molecule has 0 N–H and O–H groups in total. The van der Waals surface area contributed by atoms with Crippen LogP contribution in [0.3, 0.4) is 0 Å². The van der Waals surface area contributed by atoms with Gasteiger partial charge in [-0.25, -0.2) is 4.79 Å². The average Bonchev–Trinajstić information content (AvgIpc) is 2.32. The van der Waals surface area contributed by atoms with Crippen molar-refractivity contribution < 1.29 is 19.1 Å². The molecule has 0 saturated heterocycles. The molecular weight excluding hydrogens is 244 g/mol. The van der Waals surface area contributed by atoms with Crippen LogP contribution in [0.25, 0.3) is 0 Å². The number of carbonyl (C=O) groups is 2. The fourth-order valence-corrected chi connectivity index (χ4v) is 1.38. The summed E-state index contributed by atoms with van der Waals surface area (Å²) in [7, 11) is 0. The molecular formula is C15H26O4. The molecule has 0 radical (unpaired) electrons. The van der Waals surface area contributed by atoms with Gasteiger partial charge in [-0.05, 0) is 33.6 Å². The Morgan fingerprint density at radius 1 is 1.05 bits per heavy atom. The van der Waals surface area contributed by atoms with Crippen LogP contribution in [0.4, 0.5) is 0 Å². The first-order valence-corrected chi connectivity index (χ1v) is 6.86. The van der Waals surface area contributed by atoms with Crippen molar-refractivity contribution in [1.29, 1.82) is 0 Å². The third kappa shape index (κ3) is 7.65. The Balaban J connectivity index is 4.04. The summed E-state index contributed by atoms with van der Waals surface area (Å²) in [4.78, 5) is 23.2. The molecule has 0 atom stereocenters. The van der Waals surface area contributed by atoms with E-state index in [4.69, 9.17) is 9.47 Å². The summed E-state index contributed by atoms with van der Waals surface area (Å²) in [5, 5.41) is 0. The van der Waals surface area contributed by atoms with Crippen molar-refractivity contribution in [3.05, 3.63) is 11.6 Å². The Labute approximate surface area is 116 Å². The van der Waals surface area contributed by atoms with E-state index in [0.29, 0.717) is 12.0 Å². The third-order valence-corrected chi connectivity index (χ3v) is 2.39. The van der Waals surface area contributed by atoms with Crippen molar-refractivity contribution in [2.75, 3.05) is 13.2 Å². The molecule has 0 saturated carbocycles. The van der Waals surface area contributed by atoms with Crippen LogP contribution >= 0.6 is 0 Å². The van der Waals surface area contributed by atoms with Crippen molar-refractivity contribution in [3.8, 4) is 0 Å². The molecule has 19 heavy (non-hydrogen) atoms. The second-order valence-corrected chi connectivity index (χ2v) is 5.41. The van der Waals surface area contributed by atoms with E-state index in [1.807, 2.05) is 19.9 Å². The molecule has 0 rings (SSSR count). The second-order valence-electron chi connectivity index (χ2n) is 5.41. The zero-order chi connectivity index (χ0) is 14.9. The lowest BCUT2D eigenvalue weighted by Crippen LogP contribution is -2.25. The molecule has 0 aliphatic carbocycles. The van der Waals surface area contributed by atoms with Crippen molar-refractivity contribution in [2.45, 2.75) is 53.9 Å². The van der Waals surface area contributed by atoms with E-state index < -0.39 is 5.41 Å². The number of hydrogen-bond donors (Lipinski definition) is 0. The molecule has 0 unspecified atom stereocenters. The lowest BCUT2D eigenvalue weighted by atomic mass is 9.97. The van der Waals surface area contributed by atoms with Crippen molar-refractivity contribution in [1.82, 2.24) is 0 Å². The Morgan fingerprint density at radius 2 is 1.63 bits per heavy atom. The highest BCUT2D eigenvalue weighted by Gasteiger charge is 2.22. The molecule has 4 heteroatoms. The Kier molecular flexibility index (Phi) is 8.12. The predicted octanol–water partition coefficient (Wildman–Crippen LogP) is 3.26. The monoisotopic (exact) mass is 270 g/mol. The molecule has 0 aliphatic rings. The van der Waals surface area contributed by atoms with Crippen LogP contribution in [0.15, 0.2) is 11.6 Å². The smallest absolute Gasteiger partial charge is 0.333 e. The number of hydrogen-bond acceptors (Lipinski definition) is 4. The molecule has 0 aromatic rings.